The summed E-state index contributed by atoms with van der Waals surface area (Å²) in [5, 5.41) is -0.298. The van der Waals surface area contributed by atoms with Crippen molar-refractivity contribution in [1.29, 1.82) is 0 Å². The first-order chi connectivity index (χ1) is 9.42. The number of rotatable bonds is 5. The lowest BCUT2D eigenvalue weighted by molar-refractivity contribution is -0.135. The van der Waals surface area contributed by atoms with Crippen molar-refractivity contribution in [2.75, 3.05) is 13.7 Å². The lowest BCUT2D eigenvalue weighted by atomic mass is 10.0. The van der Waals surface area contributed by atoms with Crippen molar-refractivity contribution in [2.45, 2.75) is 6.92 Å². The molecule has 0 spiro atoms. The summed E-state index contributed by atoms with van der Waals surface area (Å²) in [4.78, 5) is 23.7. The van der Waals surface area contributed by atoms with Crippen LogP contribution in [0.4, 0.5) is 4.39 Å². The molecule has 0 unspecified atom stereocenters. The molecule has 0 N–H and O–H groups in total. The van der Waals surface area contributed by atoms with Crippen molar-refractivity contribution in [1.82, 2.24) is 0 Å². The van der Waals surface area contributed by atoms with Crippen molar-refractivity contribution in [3.8, 4) is 0 Å². The molecule has 0 aliphatic heterocycles. The number of ketones is 1. The largest absolute Gasteiger partial charge is 0.500 e. The minimum absolute atomic E-state index is 0.0762. The van der Waals surface area contributed by atoms with Crippen LogP contribution < -0.4 is 0 Å². The van der Waals surface area contributed by atoms with E-state index in [2.05, 4.69) is 4.74 Å². The van der Waals surface area contributed by atoms with Gasteiger partial charge in [-0.05, 0) is 19.1 Å². The summed E-state index contributed by atoms with van der Waals surface area (Å²) in [6.45, 7) is 1.92. The van der Waals surface area contributed by atoms with E-state index in [-0.39, 0.29) is 22.2 Å². The molecule has 1 rings (SSSR count). The van der Waals surface area contributed by atoms with Gasteiger partial charge >= 0.3 is 5.97 Å². The fraction of sp³-hybridized carbons (Fsp3) is 0.231. The van der Waals surface area contributed by atoms with Gasteiger partial charge in [-0.2, -0.15) is 0 Å². The molecular formula is C13H11Cl2FO4. The van der Waals surface area contributed by atoms with E-state index in [1.165, 1.54) is 0 Å². The fourth-order valence-corrected chi connectivity index (χ4v) is 1.78. The Morgan fingerprint density at radius 2 is 1.95 bits per heavy atom. The van der Waals surface area contributed by atoms with Gasteiger partial charge in [0.1, 0.15) is 17.7 Å². The molecular weight excluding hydrogens is 310 g/mol. The number of methoxy groups -OCH3 is 1. The smallest absolute Gasteiger partial charge is 0.345 e. The maximum Gasteiger partial charge on any atom is 0.345 e. The number of esters is 1. The monoisotopic (exact) mass is 320 g/mol. The first-order valence-corrected chi connectivity index (χ1v) is 6.27. The molecule has 0 bridgehead atoms. The van der Waals surface area contributed by atoms with Crippen molar-refractivity contribution >= 4 is 35.0 Å². The number of hydrogen-bond donors (Lipinski definition) is 0. The maximum atomic E-state index is 13.4. The minimum Gasteiger partial charge on any atom is -0.500 e. The fourth-order valence-electron chi connectivity index (χ4n) is 1.31. The zero-order valence-corrected chi connectivity index (χ0v) is 12.2. The third-order valence-corrected chi connectivity index (χ3v) is 2.87. The highest BCUT2D eigenvalue weighted by Gasteiger charge is 2.24. The van der Waals surface area contributed by atoms with Crippen LogP contribution in [0.3, 0.4) is 0 Å². The second kappa shape index (κ2) is 7.26. The summed E-state index contributed by atoms with van der Waals surface area (Å²) in [7, 11) is 1.11. The highest BCUT2D eigenvalue weighted by molar-refractivity contribution is 6.39. The Hall–Kier alpha value is -1.59. The predicted octanol–water partition coefficient (Wildman–Crippen LogP) is 3.41. The van der Waals surface area contributed by atoms with Gasteiger partial charge in [-0.15, -0.1) is 0 Å². The highest BCUT2D eigenvalue weighted by atomic mass is 35.5. The molecule has 0 fully saturated rings. The molecule has 0 atom stereocenters. The molecule has 0 saturated heterocycles. The van der Waals surface area contributed by atoms with Crippen molar-refractivity contribution in [3.63, 3.8) is 0 Å². The van der Waals surface area contributed by atoms with Gasteiger partial charge in [-0.3, -0.25) is 4.79 Å². The van der Waals surface area contributed by atoms with Crippen LogP contribution in [0.2, 0.25) is 10.0 Å². The van der Waals surface area contributed by atoms with Crippen LogP contribution in [0.1, 0.15) is 17.3 Å². The number of carbonyl (C=O) groups is 2. The molecule has 0 saturated carbocycles. The van der Waals surface area contributed by atoms with E-state index in [0.29, 0.717) is 0 Å². The third-order valence-electron chi connectivity index (χ3n) is 2.27. The zero-order valence-electron chi connectivity index (χ0n) is 10.7. The minimum atomic E-state index is -0.908. The van der Waals surface area contributed by atoms with Gasteiger partial charge < -0.3 is 9.47 Å². The van der Waals surface area contributed by atoms with Gasteiger partial charge in [0.2, 0.25) is 5.78 Å². The number of benzene rings is 1. The molecule has 0 heterocycles. The van der Waals surface area contributed by atoms with E-state index < -0.39 is 23.1 Å². The molecule has 4 nitrogen and oxygen atoms in total. The maximum absolute atomic E-state index is 13.4. The number of ether oxygens (including phenoxy) is 2. The van der Waals surface area contributed by atoms with Crippen molar-refractivity contribution < 1.29 is 23.5 Å². The molecule has 20 heavy (non-hydrogen) atoms. The average molecular weight is 321 g/mol. The van der Waals surface area contributed by atoms with Gasteiger partial charge in [0, 0.05) is 5.56 Å². The second-order valence-electron chi connectivity index (χ2n) is 3.55. The first kappa shape index (κ1) is 16.5. The topological polar surface area (TPSA) is 52.6 Å². The Morgan fingerprint density at radius 3 is 2.50 bits per heavy atom. The molecule has 0 aliphatic carbocycles. The van der Waals surface area contributed by atoms with E-state index in [0.717, 1.165) is 25.5 Å². The van der Waals surface area contributed by atoms with Gasteiger partial charge in [0.05, 0.1) is 23.8 Å². The molecule has 1 aromatic carbocycles. The van der Waals surface area contributed by atoms with Crippen LogP contribution >= 0.6 is 23.2 Å². The standard InChI is InChI=1S/C13H11Cl2FO4/c1-3-20-6-8(13(18)19-2)12(17)7-4-11(16)10(15)5-9(7)14/h4-6H,3H2,1-2H3. The lowest BCUT2D eigenvalue weighted by Gasteiger charge is -2.07. The van der Waals surface area contributed by atoms with Gasteiger partial charge in [-0.25, -0.2) is 9.18 Å². The molecule has 108 valence electrons. The van der Waals surface area contributed by atoms with Crippen LogP contribution in [-0.2, 0) is 14.3 Å². The summed E-state index contributed by atoms with van der Waals surface area (Å²) in [5.41, 5.74) is -0.595. The van der Waals surface area contributed by atoms with Crippen LogP contribution in [0.15, 0.2) is 24.0 Å². The van der Waals surface area contributed by atoms with Crippen LogP contribution in [0, 0.1) is 5.82 Å². The molecule has 0 radical (unpaired) electrons. The summed E-state index contributed by atoms with van der Waals surface area (Å²) >= 11 is 11.4. The number of halogens is 3. The number of hydrogen-bond acceptors (Lipinski definition) is 4. The van der Waals surface area contributed by atoms with Crippen LogP contribution in [0.5, 0.6) is 0 Å². The van der Waals surface area contributed by atoms with Gasteiger partial charge in [0.25, 0.3) is 0 Å². The van der Waals surface area contributed by atoms with E-state index in [9.17, 15) is 14.0 Å². The average Bonchev–Trinajstić information content (AvgIpc) is 2.42. The number of carbonyl (C=O) groups excluding carboxylic acids is 2. The van der Waals surface area contributed by atoms with Gasteiger partial charge in [0.15, 0.2) is 0 Å². The molecule has 1 aromatic rings. The summed E-state index contributed by atoms with van der Waals surface area (Å²) in [6, 6.07) is 1.94. The zero-order chi connectivity index (χ0) is 15.3. The Bertz CT molecular complexity index is 570. The van der Waals surface area contributed by atoms with Crippen molar-refractivity contribution in [3.05, 3.63) is 45.4 Å². The summed E-state index contributed by atoms with van der Waals surface area (Å²) in [6.07, 6.45) is 0.955. The molecule has 7 heteroatoms. The van der Waals surface area contributed by atoms with Crippen molar-refractivity contribution in [2.24, 2.45) is 0 Å². The molecule has 0 amide bonds. The Balaban J connectivity index is 3.26. The first-order valence-electron chi connectivity index (χ1n) is 5.51. The van der Waals surface area contributed by atoms with Crippen LogP contribution in [0.25, 0.3) is 0 Å². The Morgan fingerprint density at radius 1 is 1.30 bits per heavy atom. The highest BCUT2D eigenvalue weighted by Crippen LogP contribution is 2.26. The van der Waals surface area contributed by atoms with E-state index in [1.54, 1.807) is 6.92 Å². The predicted molar refractivity (Wildman–Crippen MR) is 72.5 cm³/mol. The molecule has 0 aromatic heterocycles. The SMILES string of the molecule is CCOC=C(C(=O)OC)C(=O)c1cc(F)c(Cl)cc1Cl. The third kappa shape index (κ3) is 3.71. The van der Waals surface area contributed by atoms with Gasteiger partial charge in [-0.1, -0.05) is 23.2 Å². The summed E-state index contributed by atoms with van der Waals surface area (Å²) in [5.74, 6) is -2.54. The number of Topliss-reactive ketones (excluding diaryl/α,β-unsaturated/α-hetero) is 1. The normalized spacial score (nSPS) is 11.2. The summed E-state index contributed by atoms with van der Waals surface area (Å²) < 4.78 is 22.8. The van der Waals surface area contributed by atoms with E-state index in [1.807, 2.05) is 0 Å². The van der Waals surface area contributed by atoms with E-state index >= 15 is 0 Å². The molecule has 0 aliphatic rings. The second-order valence-corrected chi connectivity index (χ2v) is 4.37. The Labute approximate surface area is 125 Å². The van der Waals surface area contributed by atoms with Crippen LogP contribution in [-0.4, -0.2) is 25.5 Å². The lowest BCUT2D eigenvalue weighted by Crippen LogP contribution is -2.16. The quantitative estimate of drug-likeness (QED) is 0.159. The Kier molecular flexibility index (Phi) is 5.98. The van der Waals surface area contributed by atoms with E-state index in [4.69, 9.17) is 27.9 Å².